The van der Waals surface area contributed by atoms with Gasteiger partial charge in [0.15, 0.2) is 0 Å². The summed E-state index contributed by atoms with van der Waals surface area (Å²) in [4.78, 5) is 23.2. The van der Waals surface area contributed by atoms with Crippen molar-refractivity contribution in [3.05, 3.63) is 58.1 Å². The van der Waals surface area contributed by atoms with Crippen molar-refractivity contribution in [2.24, 2.45) is 5.92 Å². The zero-order valence-electron chi connectivity index (χ0n) is 15.7. The van der Waals surface area contributed by atoms with Gasteiger partial charge in [-0.2, -0.15) is 0 Å². The fourth-order valence-corrected chi connectivity index (χ4v) is 3.53. The minimum atomic E-state index is -1.09. The quantitative estimate of drug-likeness (QED) is 0.541. The summed E-state index contributed by atoms with van der Waals surface area (Å²) in [6.45, 7) is 3.79. The molecule has 3 N–H and O–H groups in total. The van der Waals surface area contributed by atoms with Gasteiger partial charge in [0.25, 0.3) is 0 Å². The molecule has 2 aromatic carbocycles. The number of carboxylic acid groups (broad SMARTS) is 2. The Kier molecular flexibility index (Phi) is 7.87. The highest BCUT2D eigenvalue weighted by molar-refractivity contribution is 6.35. The smallest absolute Gasteiger partial charge is 0.321 e. The molecule has 0 radical (unpaired) electrons. The summed E-state index contributed by atoms with van der Waals surface area (Å²) in [6.07, 6.45) is 0.500. The van der Waals surface area contributed by atoms with Crippen LogP contribution in [0.5, 0.6) is 0 Å². The van der Waals surface area contributed by atoms with E-state index in [0.29, 0.717) is 16.5 Å². The van der Waals surface area contributed by atoms with Crippen molar-refractivity contribution in [3.63, 3.8) is 0 Å². The molecule has 0 saturated heterocycles. The average Bonchev–Trinajstić information content (AvgIpc) is 2.59. The first kappa shape index (κ1) is 22.2. The molecule has 7 heteroatoms. The van der Waals surface area contributed by atoms with Crippen LogP contribution in [-0.2, 0) is 16.0 Å². The van der Waals surface area contributed by atoms with Gasteiger partial charge in [-0.25, -0.2) is 0 Å². The van der Waals surface area contributed by atoms with Crippen LogP contribution >= 0.6 is 23.2 Å². The monoisotopic (exact) mass is 423 g/mol. The van der Waals surface area contributed by atoms with E-state index in [1.165, 1.54) is 0 Å². The summed E-state index contributed by atoms with van der Waals surface area (Å²) in [7, 11) is 0. The van der Waals surface area contributed by atoms with Gasteiger partial charge in [0.2, 0.25) is 0 Å². The number of halogens is 2. The maximum atomic E-state index is 11.7. The largest absolute Gasteiger partial charge is 0.480 e. The molecule has 0 saturated carbocycles. The number of aliphatic carboxylic acids is 2. The van der Waals surface area contributed by atoms with Crippen molar-refractivity contribution in [3.8, 4) is 11.1 Å². The van der Waals surface area contributed by atoms with Gasteiger partial charge in [-0.15, -0.1) is 0 Å². The molecule has 0 aliphatic heterocycles. The Hall–Kier alpha value is -2.08. The number of hydrogen-bond acceptors (Lipinski definition) is 3. The first-order chi connectivity index (χ1) is 13.2. The van der Waals surface area contributed by atoms with Crippen LogP contribution in [0.1, 0.15) is 25.8 Å². The Labute approximate surface area is 174 Å². The third kappa shape index (κ3) is 6.51. The zero-order chi connectivity index (χ0) is 20.8. The summed E-state index contributed by atoms with van der Waals surface area (Å²) in [5, 5.41) is 22.7. The summed E-state index contributed by atoms with van der Waals surface area (Å²) >= 11 is 12.1. The van der Waals surface area contributed by atoms with Gasteiger partial charge in [0.1, 0.15) is 12.1 Å². The predicted molar refractivity (Wildman–Crippen MR) is 111 cm³/mol. The molecule has 28 heavy (non-hydrogen) atoms. The summed E-state index contributed by atoms with van der Waals surface area (Å²) < 4.78 is 0. The van der Waals surface area contributed by atoms with Gasteiger partial charge >= 0.3 is 11.9 Å². The molecule has 0 aliphatic carbocycles. The maximum absolute atomic E-state index is 11.7. The van der Waals surface area contributed by atoms with E-state index in [1.807, 2.05) is 38.1 Å². The van der Waals surface area contributed by atoms with Crippen molar-refractivity contribution in [1.29, 1.82) is 0 Å². The van der Waals surface area contributed by atoms with E-state index in [9.17, 15) is 19.8 Å². The van der Waals surface area contributed by atoms with Crippen LogP contribution in [0.3, 0.4) is 0 Å². The van der Waals surface area contributed by atoms with Crippen molar-refractivity contribution in [2.45, 2.75) is 38.8 Å². The Balaban J connectivity index is 2.23. The van der Waals surface area contributed by atoms with Crippen LogP contribution in [0.25, 0.3) is 11.1 Å². The van der Waals surface area contributed by atoms with E-state index in [0.717, 1.165) is 16.7 Å². The fourth-order valence-electron chi connectivity index (χ4n) is 3.01. The van der Waals surface area contributed by atoms with Crippen molar-refractivity contribution in [1.82, 2.24) is 5.32 Å². The lowest BCUT2D eigenvalue weighted by molar-refractivity contribution is -0.142. The first-order valence-electron chi connectivity index (χ1n) is 8.92. The number of rotatable bonds is 9. The fraction of sp³-hybridized carbons (Fsp3) is 0.333. The molecule has 0 amide bonds. The topological polar surface area (TPSA) is 86.6 Å². The van der Waals surface area contributed by atoms with E-state index in [4.69, 9.17) is 23.2 Å². The highest BCUT2D eigenvalue weighted by atomic mass is 35.5. The van der Waals surface area contributed by atoms with E-state index < -0.39 is 24.0 Å². The molecule has 0 aromatic heterocycles. The van der Waals surface area contributed by atoms with Crippen LogP contribution in [0.15, 0.2) is 42.5 Å². The van der Waals surface area contributed by atoms with Crippen molar-refractivity contribution < 1.29 is 19.8 Å². The molecule has 0 unspecified atom stereocenters. The second-order valence-electron chi connectivity index (χ2n) is 7.14. The summed E-state index contributed by atoms with van der Waals surface area (Å²) in [5.74, 6) is -2.02. The molecule has 0 bridgehead atoms. The Morgan fingerprint density at radius 2 is 1.54 bits per heavy atom. The van der Waals surface area contributed by atoms with E-state index in [-0.39, 0.29) is 12.3 Å². The highest BCUT2D eigenvalue weighted by Gasteiger charge is 2.26. The average molecular weight is 424 g/mol. The van der Waals surface area contributed by atoms with Gasteiger partial charge in [-0.05, 0) is 53.6 Å². The van der Waals surface area contributed by atoms with E-state index in [2.05, 4.69) is 5.32 Å². The second kappa shape index (κ2) is 9.92. The molecule has 2 atom stereocenters. The number of benzene rings is 2. The minimum Gasteiger partial charge on any atom is -0.480 e. The summed E-state index contributed by atoms with van der Waals surface area (Å²) in [5.41, 5.74) is 2.44. The molecule has 5 nitrogen and oxygen atoms in total. The molecular formula is C21H23Cl2NO4. The zero-order valence-corrected chi connectivity index (χ0v) is 17.2. The van der Waals surface area contributed by atoms with E-state index >= 15 is 0 Å². The number of carbonyl (C=O) groups is 2. The summed E-state index contributed by atoms with van der Waals surface area (Å²) in [6, 6.07) is 10.6. The normalized spacial score (nSPS) is 13.3. The standard InChI is InChI=1S/C21H23Cl2NO4/c1-12(2)6-18(20(25)26)24-19(21(27)28)8-13-4-3-5-14(7-13)15-9-16(22)11-17(23)10-15/h3-5,7,9-12,18-19,24H,6,8H2,1-2H3,(H,25,26)(H,27,28)/t18-,19-/m0/s1. The molecular weight excluding hydrogens is 401 g/mol. The van der Waals surface area contributed by atoms with Crippen LogP contribution in [0.4, 0.5) is 0 Å². The molecule has 0 spiro atoms. The lowest BCUT2D eigenvalue weighted by atomic mass is 9.98. The van der Waals surface area contributed by atoms with Crippen molar-refractivity contribution in [2.75, 3.05) is 0 Å². The van der Waals surface area contributed by atoms with Crippen molar-refractivity contribution >= 4 is 35.1 Å². The molecule has 2 aromatic rings. The third-order valence-corrected chi connectivity index (χ3v) is 4.70. The molecule has 0 fully saturated rings. The molecule has 2 rings (SSSR count). The molecule has 0 aliphatic rings. The highest BCUT2D eigenvalue weighted by Crippen LogP contribution is 2.28. The molecule has 0 heterocycles. The van der Waals surface area contributed by atoms with Crippen LogP contribution in [0, 0.1) is 5.92 Å². The van der Waals surface area contributed by atoms with Gasteiger partial charge < -0.3 is 10.2 Å². The first-order valence-corrected chi connectivity index (χ1v) is 9.68. The van der Waals surface area contributed by atoms with E-state index in [1.54, 1.807) is 18.2 Å². The van der Waals surface area contributed by atoms with Gasteiger partial charge in [0.05, 0.1) is 0 Å². The van der Waals surface area contributed by atoms with Gasteiger partial charge in [-0.1, -0.05) is 61.3 Å². The SMILES string of the molecule is CC(C)C[C@H](N[C@@H](Cc1cccc(-c2cc(Cl)cc(Cl)c2)c1)C(=O)O)C(=O)O. The number of hydrogen-bond donors (Lipinski definition) is 3. The Morgan fingerprint density at radius 3 is 2.07 bits per heavy atom. The number of nitrogens with one attached hydrogen (secondary N) is 1. The van der Waals surface area contributed by atoms with Gasteiger partial charge in [0, 0.05) is 10.0 Å². The lowest BCUT2D eigenvalue weighted by Gasteiger charge is -2.22. The van der Waals surface area contributed by atoms with Gasteiger partial charge in [-0.3, -0.25) is 14.9 Å². The van der Waals surface area contributed by atoms with Crippen LogP contribution < -0.4 is 5.32 Å². The third-order valence-electron chi connectivity index (χ3n) is 4.27. The lowest BCUT2D eigenvalue weighted by Crippen LogP contribution is -2.48. The second-order valence-corrected chi connectivity index (χ2v) is 8.01. The Bertz CT molecular complexity index is 834. The Morgan fingerprint density at radius 1 is 0.929 bits per heavy atom. The predicted octanol–water partition coefficient (Wildman–Crippen LogP) is 4.75. The maximum Gasteiger partial charge on any atom is 0.321 e. The van der Waals surface area contributed by atoms with Crippen LogP contribution in [0.2, 0.25) is 10.0 Å². The number of carboxylic acids is 2. The molecule has 150 valence electrons. The van der Waals surface area contributed by atoms with Crippen LogP contribution in [-0.4, -0.2) is 34.2 Å². The minimum absolute atomic E-state index is 0.124.